The first kappa shape index (κ1) is 18.1. The van der Waals surface area contributed by atoms with E-state index in [0.29, 0.717) is 19.4 Å². The third-order valence-corrected chi connectivity index (χ3v) is 5.03. The van der Waals surface area contributed by atoms with Gasteiger partial charge in [-0.15, -0.1) is 11.3 Å². The van der Waals surface area contributed by atoms with Gasteiger partial charge in [0.05, 0.1) is 12.8 Å². The number of rotatable bonds is 7. The van der Waals surface area contributed by atoms with E-state index in [-0.39, 0.29) is 5.91 Å². The van der Waals surface area contributed by atoms with E-state index >= 15 is 0 Å². The summed E-state index contributed by atoms with van der Waals surface area (Å²) in [5.74, 6) is 0.802. The van der Waals surface area contributed by atoms with Crippen molar-refractivity contribution in [3.8, 4) is 16.3 Å². The second kappa shape index (κ2) is 8.63. The molecule has 1 amide bonds. The second-order valence-corrected chi connectivity index (χ2v) is 6.96. The highest BCUT2D eigenvalue weighted by atomic mass is 32.1. The molecule has 1 N–H and O–H groups in total. The average Bonchev–Trinajstić information content (AvgIpc) is 3.14. The van der Waals surface area contributed by atoms with Crippen LogP contribution in [0.2, 0.25) is 0 Å². The fourth-order valence-corrected chi connectivity index (χ4v) is 3.56. The first-order valence-corrected chi connectivity index (χ1v) is 9.43. The highest BCUT2D eigenvalue weighted by molar-refractivity contribution is 7.13. The van der Waals surface area contributed by atoms with Gasteiger partial charge < -0.3 is 10.1 Å². The molecule has 0 aliphatic heterocycles. The van der Waals surface area contributed by atoms with Crippen LogP contribution in [0.25, 0.3) is 10.6 Å². The molecule has 3 aromatic rings. The van der Waals surface area contributed by atoms with E-state index in [9.17, 15) is 4.79 Å². The van der Waals surface area contributed by atoms with Gasteiger partial charge in [0.1, 0.15) is 10.8 Å². The van der Waals surface area contributed by atoms with Crippen LogP contribution in [0.4, 0.5) is 0 Å². The summed E-state index contributed by atoms with van der Waals surface area (Å²) < 4.78 is 5.30. The van der Waals surface area contributed by atoms with Crippen molar-refractivity contribution < 1.29 is 9.53 Å². The highest BCUT2D eigenvalue weighted by Gasteiger charge is 2.09. The fraction of sp³-hybridized carbons (Fsp3) is 0.238. The molecular formula is C21H22N2O2S. The maximum Gasteiger partial charge on any atom is 0.220 e. The average molecular weight is 366 g/mol. The quantitative estimate of drug-likeness (QED) is 0.675. The molecule has 0 unspecified atom stereocenters. The number of nitrogens with one attached hydrogen (secondary N) is 1. The number of ether oxygens (including phenoxy) is 1. The first-order valence-electron chi connectivity index (χ1n) is 8.56. The molecule has 134 valence electrons. The minimum atomic E-state index is 0.0148. The molecule has 1 heterocycles. The first-order chi connectivity index (χ1) is 12.7. The molecule has 0 bridgehead atoms. The van der Waals surface area contributed by atoms with Gasteiger partial charge in [0, 0.05) is 29.5 Å². The van der Waals surface area contributed by atoms with E-state index in [4.69, 9.17) is 4.74 Å². The van der Waals surface area contributed by atoms with Crippen LogP contribution in [0.1, 0.15) is 23.2 Å². The van der Waals surface area contributed by atoms with E-state index in [2.05, 4.69) is 35.4 Å². The maximum atomic E-state index is 12.1. The molecule has 2 aromatic carbocycles. The Morgan fingerprint density at radius 2 is 2.04 bits per heavy atom. The molecule has 0 aliphatic carbocycles. The number of benzene rings is 2. The highest BCUT2D eigenvalue weighted by Crippen LogP contribution is 2.25. The molecule has 5 heteroatoms. The van der Waals surface area contributed by atoms with Crippen molar-refractivity contribution >= 4 is 17.2 Å². The van der Waals surface area contributed by atoms with Crippen LogP contribution in [0.5, 0.6) is 5.75 Å². The zero-order valence-corrected chi connectivity index (χ0v) is 15.8. The molecule has 1 aromatic heterocycles. The molecule has 26 heavy (non-hydrogen) atoms. The SMILES string of the molecule is COc1ccccc1CNC(=O)CCc1csc(-c2cccc(C)c2)n1. The van der Waals surface area contributed by atoms with Crippen LogP contribution in [0.3, 0.4) is 0 Å². The number of aromatic nitrogens is 1. The van der Waals surface area contributed by atoms with Crippen LogP contribution >= 0.6 is 11.3 Å². The molecule has 0 radical (unpaired) electrons. The zero-order chi connectivity index (χ0) is 18.4. The van der Waals surface area contributed by atoms with Crippen molar-refractivity contribution in [2.24, 2.45) is 0 Å². The van der Waals surface area contributed by atoms with Crippen LogP contribution in [-0.4, -0.2) is 18.0 Å². The lowest BCUT2D eigenvalue weighted by molar-refractivity contribution is -0.121. The van der Waals surface area contributed by atoms with Crippen molar-refractivity contribution in [2.45, 2.75) is 26.3 Å². The van der Waals surface area contributed by atoms with Crippen molar-refractivity contribution in [1.82, 2.24) is 10.3 Å². The van der Waals surface area contributed by atoms with Crippen molar-refractivity contribution in [3.05, 3.63) is 70.7 Å². The van der Waals surface area contributed by atoms with E-state index in [1.54, 1.807) is 18.4 Å². The van der Waals surface area contributed by atoms with Gasteiger partial charge >= 0.3 is 0 Å². The second-order valence-electron chi connectivity index (χ2n) is 6.10. The number of para-hydroxylation sites is 1. The van der Waals surface area contributed by atoms with Gasteiger partial charge in [0.25, 0.3) is 0 Å². The molecule has 0 atom stereocenters. The molecular weight excluding hydrogens is 344 g/mol. The Kier molecular flexibility index (Phi) is 6.02. The predicted molar refractivity (Wildman–Crippen MR) is 105 cm³/mol. The monoisotopic (exact) mass is 366 g/mol. The van der Waals surface area contributed by atoms with Crippen molar-refractivity contribution in [3.63, 3.8) is 0 Å². The van der Waals surface area contributed by atoms with Gasteiger partial charge in [0.15, 0.2) is 0 Å². The number of aryl methyl sites for hydroxylation is 2. The lowest BCUT2D eigenvalue weighted by atomic mass is 10.1. The summed E-state index contributed by atoms with van der Waals surface area (Å²) in [4.78, 5) is 16.8. The topological polar surface area (TPSA) is 51.2 Å². The summed E-state index contributed by atoms with van der Waals surface area (Å²) in [6, 6.07) is 16.0. The van der Waals surface area contributed by atoms with Gasteiger partial charge in [-0.05, 0) is 25.5 Å². The summed E-state index contributed by atoms with van der Waals surface area (Å²) in [5, 5.41) is 5.98. The number of hydrogen-bond acceptors (Lipinski definition) is 4. The Balaban J connectivity index is 1.52. The summed E-state index contributed by atoms with van der Waals surface area (Å²) in [5.41, 5.74) is 4.27. The Morgan fingerprint density at radius 3 is 2.85 bits per heavy atom. The van der Waals surface area contributed by atoms with Crippen LogP contribution in [0, 0.1) is 6.92 Å². The summed E-state index contributed by atoms with van der Waals surface area (Å²) in [7, 11) is 1.63. The summed E-state index contributed by atoms with van der Waals surface area (Å²) in [6.07, 6.45) is 1.06. The number of amides is 1. The number of thiazole rings is 1. The van der Waals surface area contributed by atoms with Gasteiger partial charge in [-0.3, -0.25) is 4.79 Å². The summed E-state index contributed by atoms with van der Waals surface area (Å²) >= 11 is 1.62. The van der Waals surface area contributed by atoms with E-state index in [1.165, 1.54) is 5.56 Å². The standard InChI is InChI=1S/C21H22N2O2S/c1-15-6-5-8-16(12-15)21-23-18(14-26-21)10-11-20(24)22-13-17-7-3-4-9-19(17)25-2/h3-9,12,14H,10-11,13H2,1-2H3,(H,22,24). The largest absolute Gasteiger partial charge is 0.496 e. The van der Waals surface area contributed by atoms with E-state index in [1.807, 2.05) is 35.7 Å². The number of carbonyl (C=O) groups excluding carboxylic acids is 1. The molecule has 0 saturated carbocycles. The van der Waals surface area contributed by atoms with Crippen LogP contribution < -0.4 is 10.1 Å². The summed E-state index contributed by atoms with van der Waals surface area (Å²) in [6.45, 7) is 2.54. The van der Waals surface area contributed by atoms with Crippen LogP contribution in [0.15, 0.2) is 53.9 Å². The Morgan fingerprint density at radius 1 is 1.19 bits per heavy atom. The maximum absolute atomic E-state index is 12.1. The van der Waals surface area contributed by atoms with Gasteiger partial charge in [-0.25, -0.2) is 4.98 Å². The molecule has 0 fully saturated rings. The Labute approximate surface area is 157 Å². The van der Waals surface area contributed by atoms with Gasteiger partial charge in [-0.2, -0.15) is 0 Å². The lowest BCUT2D eigenvalue weighted by Crippen LogP contribution is -2.23. The van der Waals surface area contributed by atoms with E-state index in [0.717, 1.165) is 27.6 Å². The Hall–Kier alpha value is -2.66. The molecule has 0 aliphatic rings. The Bertz CT molecular complexity index is 889. The van der Waals surface area contributed by atoms with E-state index < -0.39 is 0 Å². The zero-order valence-electron chi connectivity index (χ0n) is 15.0. The van der Waals surface area contributed by atoms with Gasteiger partial charge in [0.2, 0.25) is 5.91 Å². The molecule has 3 rings (SSSR count). The molecule has 0 spiro atoms. The van der Waals surface area contributed by atoms with Crippen LogP contribution in [-0.2, 0) is 17.8 Å². The number of nitrogens with zero attached hydrogens (tertiary/aromatic N) is 1. The number of hydrogen-bond donors (Lipinski definition) is 1. The fourth-order valence-electron chi connectivity index (χ4n) is 2.71. The van der Waals surface area contributed by atoms with Crippen molar-refractivity contribution in [2.75, 3.05) is 7.11 Å². The predicted octanol–water partition coefficient (Wildman–Crippen LogP) is 4.38. The molecule has 4 nitrogen and oxygen atoms in total. The number of carbonyl (C=O) groups is 1. The third kappa shape index (κ3) is 4.70. The van der Waals surface area contributed by atoms with Gasteiger partial charge in [-0.1, -0.05) is 42.0 Å². The van der Waals surface area contributed by atoms with Crippen molar-refractivity contribution in [1.29, 1.82) is 0 Å². The minimum Gasteiger partial charge on any atom is -0.496 e. The smallest absolute Gasteiger partial charge is 0.220 e. The normalized spacial score (nSPS) is 10.5. The lowest BCUT2D eigenvalue weighted by Gasteiger charge is -2.09. The molecule has 0 saturated heterocycles. The minimum absolute atomic E-state index is 0.0148. The third-order valence-electron chi connectivity index (χ3n) is 4.09. The number of methoxy groups -OCH3 is 1.